The first-order valence-electron chi connectivity index (χ1n) is 5.07. The highest BCUT2D eigenvalue weighted by Crippen LogP contribution is 2.29. The van der Waals surface area contributed by atoms with E-state index in [1.807, 2.05) is 0 Å². The summed E-state index contributed by atoms with van der Waals surface area (Å²) in [6.45, 7) is 1.73. The van der Waals surface area contributed by atoms with E-state index in [1.54, 1.807) is 6.92 Å². The van der Waals surface area contributed by atoms with E-state index in [2.05, 4.69) is 16.6 Å². The fourth-order valence-corrected chi connectivity index (χ4v) is 1.80. The van der Waals surface area contributed by atoms with Crippen molar-refractivity contribution in [2.24, 2.45) is 5.92 Å². The Morgan fingerprint density at radius 1 is 1.67 bits per heavy atom. The SMILES string of the molecule is CC#CC1/C(=C\C(=O)OC)CCC[C@@H]1O. The van der Waals surface area contributed by atoms with Crippen molar-refractivity contribution in [3.05, 3.63) is 11.6 Å². The van der Waals surface area contributed by atoms with Gasteiger partial charge in [0, 0.05) is 6.08 Å². The van der Waals surface area contributed by atoms with Crippen LogP contribution in [0.25, 0.3) is 0 Å². The van der Waals surface area contributed by atoms with Crippen molar-refractivity contribution in [3.63, 3.8) is 0 Å². The van der Waals surface area contributed by atoms with E-state index in [9.17, 15) is 9.90 Å². The van der Waals surface area contributed by atoms with E-state index in [0.717, 1.165) is 24.8 Å². The van der Waals surface area contributed by atoms with Gasteiger partial charge in [-0.1, -0.05) is 5.92 Å². The number of methoxy groups -OCH3 is 1. The number of carbonyl (C=O) groups excluding carboxylic acids is 1. The first-order valence-corrected chi connectivity index (χ1v) is 5.07. The molecule has 0 amide bonds. The molecule has 0 aromatic rings. The van der Waals surface area contributed by atoms with Gasteiger partial charge in [0.1, 0.15) is 0 Å². The molecule has 1 N–H and O–H groups in total. The first kappa shape index (κ1) is 11.8. The molecule has 1 saturated carbocycles. The largest absolute Gasteiger partial charge is 0.466 e. The Morgan fingerprint density at radius 3 is 3.00 bits per heavy atom. The maximum absolute atomic E-state index is 11.1. The summed E-state index contributed by atoms with van der Waals surface area (Å²) >= 11 is 0. The molecule has 3 heteroatoms. The molecular formula is C12H16O3. The lowest BCUT2D eigenvalue weighted by Crippen LogP contribution is -2.26. The van der Waals surface area contributed by atoms with Crippen LogP contribution >= 0.6 is 0 Å². The Hall–Kier alpha value is -1.27. The van der Waals surface area contributed by atoms with Crippen LogP contribution in [0, 0.1) is 17.8 Å². The lowest BCUT2D eigenvalue weighted by atomic mass is 9.82. The quantitative estimate of drug-likeness (QED) is 0.401. The molecule has 0 saturated heterocycles. The molecule has 0 aromatic carbocycles. The number of aliphatic hydroxyl groups excluding tert-OH is 1. The van der Waals surface area contributed by atoms with Crippen molar-refractivity contribution in [1.82, 2.24) is 0 Å². The molecule has 1 unspecified atom stereocenters. The van der Waals surface area contributed by atoms with E-state index >= 15 is 0 Å². The van der Waals surface area contributed by atoms with Crippen molar-refractivity contribution in [2.45, 2.75) is 32.3 Å². The first-order chi connectivity index (χ1) is 7.19. The number of hydrogen-bond donors (Lipinski definition) is 1. The summed E-state index contributed by atoms with van der Waals surface area (Å²) in [5.41, 5.74) is 0.884. The van der Waals surface area contributed by atoms with Gasteiger partial charge in [-0.15, -0.1) is 5.92 Å². The fourth-order valence-electron chi connectivity index (χ4n) is 1.80. The van der Waals surface area contributed by atoms with Crippen molar-refractivity contribution in [3.8, 4) is 11.8 Å². The van der Waals surface area contributed by atoms with Crippen molar-refractivity contribution in [2.75, 3.05) is 7.11 Å². The zero-order valence-electron chi connectivity index (χ0n) is 9.12. The van der Waals surface area contributed by atoms with Gasteiger partial charge in [0.05, 0.1) is 19.1 Å². The number of aliphatic hydroxyl groups is 1. The molecule has 0 aliphatic heterocycles. The fraction of sp³-hybridized carbons (Fsp3) is 0.583. The molecule has 1 aliphatic carbocycles. The highest BCUT2D eigenvalue weighted by molar-refractivity contribution is 5.82. The number of esters is 1. The maximum Gasteiger partial charge on any atom is 0.330 e. The molecule has 1 aliphatic rings. The second-order valence-electron chi connectivity index (χ2n) is 3.57. The third kappa shape index (κ3) is 3.10. The standard InChI is InChI=1S/C12H16O3/c1-3-5-10-9(8-12(14)15-2)6-4-7-11(10)13/h8,10-11,13H,4,6-7H2,1-2H3/b9-8-/t10?,11-/m0/s1. The summed E-state index contributed by atoms with van der Waals surface area (Å²) in [4.78, 5) is 11.1. The summed E-state index contributed by atoms with van der Waals surface area (Å²) < 4.78 is 4.57. The predicted octanol–water partition coefficient (Wildman–Crippen LogP) is 1.27. The van der Waals surface area contributed by atoms with E-state index in [-0.39, 0.29) is 11.9 Å². The van der Waals surface area contributed by atoms with Crippen LogP contribution in [0.5, 0.6) is 0 Å². The van der Waals surface area contributed by atoms with E-state index in [0.29, 0.717) is 0 Å². The van der Waals surface area contributed by atoms with Gasteiger partial charge in [0.2, 0.25) is 0 Å². The summed E-state index contributed by atoms with van der Waals surface area (Å²) in [5, 5.41) is 9.76. The molecule has 0 aromatic heterocycles. The minimum absolute atomic E-state index is 0.206. The van der Waals surface area contributed by atoms with Gasteiger partial charge >= 0.3 is 5.97 Å². The molecule has 1 rings (SSSR count). The van der Waals surface area contributed by atoms with Crippen LogP contribution in [-0.2, 0) is 9.53 Å². The van der Waals surface area contributed by atoms with Gasteiger partial charge in [0.25, 0.3) is 0 Å². The van der Waals surface area contributed by atoms with Crippen molar-refractivity contribution < 1.29 is 14.6 Å². The van der Waals surface area contributed by atoms with E-state index in [4.69, 9.17) is 0 Å². The van der Waals surface area contributed by atoms with E-state index < -0.39 is 6.10 Å². The average Bonchev–Trinajstić information content (AvgIpc) is 2.23. The normalized spacial score (nSPS) is 28.1. The molecule has 0 radical (unpaired) electrons. The molecule has 3 nitrogen and oxygen atoms in total. The van der Waals surface area contributed by atoms with Crippen LogP contribution in [-0.4, -0.2) is 24.3 Å². The van der Waals surface area contributed by atoms with Gasteiger partial charge in [0.15, 0.2) is 0 Å². The Bertz CT molecular complexity index is 319. The Morgan fingerprint density at radius 2 is 2.40 bits per heavy atom. The van der Waals surface area contributed by atoms with Gasteiger partial charge in [-0.3, -0.25) is 0 Å². The van der Waals surface area contributed by atoms with Gasteiger partial charge in [-0.2, -0.15) is 0 Å². The zero-order chi connectivity index (χ0) is 11.3. The maximum atomic E-state index is 11.1. The van der Waals surface area contributed by atoms with Gasteiger partial charge < -0.3 is 9.84 Å². The molecular weight excluding hydrogens is 192 g/mol. The molecule has 0 bridgehead atoms. The molecule has 0 spiro atoms. The number of hydrogen-bond acceptors (Lipinski definition) is 3. The summed E-state index contributed by atoms with van der Waals surface area (Å²) in [5.74, 6) is 5.14. The van der Waals surface area contributed by atoms with Crippen LogP contribution in [0.3, 0.4) is 0 Å². The molecule has 2 atom stereocenters. The highest BCUT2D eigenvalue weighted by Gasteiger charge is 2.26. The van der Waals surface area contributed by atoms with Crippen molar-refractivity contribution in [1.29, 1.82) is 0 Å². The monoisotopic (exact) mass is 208 g/mol. The summed E-state index contributed by atoms with van der Waals surface area (Å²) in [6.07, 6.45) is 3.45. The lowest BCUT2D eigenvalue weighted by Gasteiger charge is -2.26. The topological polar surface area (TPSA) is 46.5 Å². The third-order valence-corrected chi connectivity index (χ3v) is 2.55. The number of rotatable bonds is 1. The Kier molecular flexibility index (Phi) is 4.38. The minimum Gasteiger partial charge on any atom is -0.466 e. The lowest BCUT2D eigenvalue weighted by molar-refractivity contribution is -0.134. The summed E-state index contributed by atoms with van der Waals surface area (Å²) in [6, 6.07) is 0. The van der Waals surface area contributed by atoms with Crippen LogP contribution < -0.4 is 0 Å². The molecule has 82 valence electrons. The minimum atomic E-state index is -0.456. The van der Waals surface area contributed by atoms with Crippen LogP contribution in [0.1, 0.15) is 26.2 Å². The second-order valence-corrected chi connectivity index (χ2v) is 3.57. The van der Waals surface area contributed by atoms with Crippen LogP contribution in [0.4, 0.5) is 0 Å². The molecule has 15 heavy (non-hydrogen) atoms. The van der Waals surface area contributed by atoms with Gasteiger partial charge in [-0.25, -0.2) is 4.79 Å². The smallest absolute Gasteiger partial charge is 0.330 e. The Balaban J connectivity index is 2.86. The molecule has 1 fully saturated rings. The van der Waals surface area contributed by atoms with E-state index in [1.165, 1.54) is 13.2 Å². The zero-order valence-corrected chi connectivity index (χ0v) is 9.12. The van der Waals surface area contributed by atoms with Crippen LogP contribution in [0.15, 0.2) is 11.6 Å². The summed E-state index contributed by atoms with van der Waals surface area (Å²) in [7, 11) is 1.35. The Labute approximate surface area is 90.1 Å². The third-order valence-electron chi connectivity index (χ3n) is 2.55. The second kappa shape index (κ2) is 5.57. The average molecular weight is 208 g/mol. The highest BCUT2D eigenvalue weighted by atomic mass is 16.5. The predicted molar refractivity (Wildman–Crippen MR) is 56.9 cm³/mol. The molecule has 0 heterocycles. The van der Waals surface area contributed by atoms with Gasteiger partial charge in [-0.05, 0) is 31.8 Å². The number of ether oxygens (including phenoxy) is 1. The van der Waals surface area contributed by atoms with Crippen LogP contribution in [0.2, 0.25) is 0 Å². The van der Waals surface area contributed by atoms with Crippen molar-refractivity contribution >= 4 is 5.97 Å². The number of carbonyl (C=O) groups is 1.